The molecule has 2 heteroatoms. The van der Waals surface area contributed by atoms with Crippen molar-refractivity contribution < 1.29 is 9.53 Å². The predicted molar refractivity (Wildman–Crippen MR) is 77.6 cm³/mol. The lowest BCUT2D eigenvalue weighted by Gasteiger charge is -2.07. The number of carbonyl (C=O) groups excluding carboxylic acids is 1. The Morgan fingerprint density at radius 2 is 1.67 bits per heavy atom. The predicted octanol–water partition coefficient (Wildman–Crippen LogP) is 5.03. The normalized spacial score (nSPS) is 12.8. The van der Waals surface area contributed by atoms with Crippen LogP contribution in [0.15, 0.2) is 12.2 Å². The highest BCUT2D eigenvalue weighted by Gasteiger charge is 2.02. The van der Waals surface area contributed by atoms with Crippen LogP contribution in [-0.2, 0) is 9.53 Å². The number of ether oxygens (including phenoxy) is 1. The van der Waals surface area contributed by atoms with E-state index in [0.29, 0.717) is 0 Å². The van der Waals surface area contributed by atoms with Gasteiger partial charge in [0.05, 0.1) is 6.10 Å². The van der Waals surface area contributed by atoms with Crippen molar-refractivity contribution in [2.45, 2.75) is 84.7 Å². The van der Waals surface area contributed by atoms with Gasteiger partial charge in [0, 0.05) is 6.08 Å². The fraction of sp³-hybridized carbons (Fsp3) is 0.812. The topological polar surface area (TPSA) is 26.3 Å². The molecule has 0 fully saturated rings. The molecule has 0 aliphatic heterocycles. The lowest BCUT2D eigenvalue weighted by atomic mass is 10.1. The Labute approximate surface area is 113 Å². The molecule has 0 heterocycles. The molecule has 0 aliphatic rings. The summed E-state index contributed by atoms with van der Waals surface area (Å²) in [5.41, 5.74) is 0. The van der Waals surface area contributed by atoms with Crippen molar-refractivity contribution in [1.29, 1.82) is 0 Å². The summed E-state index contributed by atoms with van der Waals surface area (Å²) >= 11 is 0. The molecule has 0 spiro atoms. The summed E-state index contributed by atoms with van der Waals surface area (Å²) in [4.78, 5) is 11.3. The lowest BCUT2D eigenvalue weighted by Crippen LogP contribution is -2.11. The smallest absolute Gasteiger partial charge is 0.330 e. The Balaban J connectivity index is 3.34. The van der Waals surface area contributed by atoms with Crippen molar-refractivity contribution in [3.05, 3.63) is 12.2 Å². The van der Waals surface area contributed by atoms with Crippen LogP contribution in [-0.4, -0.2) is 12.1 Å². The van der Waals surface area contributed by atoms with Crippen molar-refractivity contribution in [3.8, 4) is 0 Å². The molecule has 0 rings (SSSR count). The van der Waals surface area contributed by atoms with Crippen LogP contribution in [0.4, 0.5) is 0 Å². The standard InChI is InChI=1S/C16H30O2/c1-4-6-7-8-9-10-11-12-13-14-16(17)18-15(3)5-2/h13-15H,4-12H2,1-3H3/b14-13+/t15-/m1/s1. The van der Waals surface area contributed by atoms with Crippen molar-refractivity contribution in [2.75, 3.05) is 0 Å². The number of hydrogen-bond donors (Lipinski definition) is 0. The molecular weight excluding hydrogens is 224 g/mol. The van der Waals surface area contributed by atoms with Gasteiger partial charge in [0.15, 0.2) is 0 Å². The Kier molecular flexibility index (Phi) is 12.1. The van der Waals surface area contributed by atoms with Gasteiger partial charge in [-0.3, -0.25) is 0 Å². The highest BCUT2D eigenvalue weighted by Crippen LogP contribution is 2.08. The van der Waals surface area contributed by atoms with E-state index >= 15 is 0 Å². The molecule has 1 atom stereocenters. The maximum atomic E-state index is 11.3. The van der Waals surface area contributed by atoms with Crippen molar-refractivity contribution in [1.82, 2.24) is 0 Å². The Morgan fingerprint density at radius 3 is 2.28 bits per heavy atom. The Hall–Kier alpha value is -0.790. The molecule has 0 radical (unpaired) electrons. The van der Waals surface area contributed by atoms with Gasteiger partial charge in [-0.1, -0.05) is 58.4 Å². The third-order valence-corrected chi connectivity index (χ3v) is 3.12. The first-order valence-corrected chi connectivity index (χ1v) is 7.57. The quantitative estimate of drug-likeness (QED) is 0.294. The zero-order valence-corrected chi connectivity index (χ0v) is 12.4. The van der Waals surface area contributed by atoms with Gasteiger partial charge in [-0.2, -0.15) is 0 Å². The van der Waals surface area contributed by atoms with Crippen molar-refractivity contribution in [3.63, 3.8) is 0 Å². The molecule has 0 unspecified atom stereocenters. The summed E-state index contributed by atoms with van der Waals surface area (Å²) in [5, 5.41) is 0. The number of unbranched alkanes of at least 4 members (excludes halogenated alkanes) is 7. The molecule has 2 nitrogen and oxygen atoms in total. The van der Waals surface area contributed by atoms with E-state index in [-0.39, 0.29) is 12.1 Å². The Bertz CT molecular complexity index is 221. The largest absolute Gasteiger partial charge is 0.460 e. The molecule has 0 bridgehead atoms. The minimum absolute atomic E-state index is 0.0284. The molecule has 0 aromatic rings. The van der Waals surface area contributed by atoms with Crippen LogP contribution in [0.2, 0.25) is 0 Å². The van der Waals surface area contributed by atoms with Crippen LogP contribution in [0.5, 0.6) is 0 Å². The van der Waals surface area contributed by atoms with Gasteiger partial charge in [0.25, 0.3) is 0 Å². The molecule has 0 aromatic heterocycles. The minimum Gasteiger partial charge on any atom is -0.460 e. The van der Waals surface area contributed by atoms with Crippen LogP contribution in [0, 0.1) is 0 Å². The van der Waals surface area contributed by atoms with Gasteiger partial charge >= 0.3 is 5.97 Å². The van der Waals surface area contributed by atoms with Crippen LogP contribution >= 0.6 is 0 Å². The zero-order chi connectivity index (χ0) is 13.6. The number of carbonyl (C=O) groups is 1. The SMILES string of the molecule is CCCCCCCCC/C=C/C(=O)O[C@H](C)CC. The van der Waals surface area contributed by atoms with Crippen LogP contribution < -0.4 is 0 Å². The summed E-state index contributed by atoms with van der Waals surface area (Å²) in [7, 11) is 0. The van der Waals surface area contributed by atoms with Gasteiger partial charge in [-0.05, 0) is 26.2 Å². The van der Waals surface area contributed by atoms with E-state index in [1.54, 1.807) is 6.08 Å². The van der Waals surface area contributed by atoms with Gasteiger partial charge in [0.1, 0.15) is 0 Å². The van der Waals surface area contributed by atoms with E-state index in [4.69, 9.17) is 4.74 Å². The summed E-state index contributed by atoms with van der Waals surface area (Å²) < 4.78 is 5.15. The van der Waals surface area contributed by atoms with Gasteiger partial charge in [0.2, 0.25) is 0 Å². The monoisotopic (exact) mass is 254 g/mol. The fourth-order valence-electron chi connectivity index (χ4n) is 1.72. The third-order valence-electron chi connectivity index (χ3n) is 3.12. The molecule has 0 N–H and O–H groups in total. The first kappa shape index (κ1) is 17.2. The number of hydrogen-bond acceptors (Lipinski definition) is 2. The first-order valence-electron chi connectivity index (χ1n) is 7.57. The number of rotatable bonds is 11. The van der Waals surface area contributed by atoms with Crippen LogP contribution in [0.1, 0.15) is 78.6 Å². The van der Waals surface area contributed by atoms with Crippen molar-refractivity contribution in [2.24, 2.45) is 0 Å². The van der Waals surface area contributed by atoms with Crippen molar-refractivity contribution >= 4 is 5.97 Å². The van der Waals surface area contributed by atoms with E-state index in [1.807, 2.05) is 19.9 Å². The maximum Gasteiger partial charge on any atom is 0.330 e. The Morgan fingerprint density at radius 1 is 1.06 bits per heavy atom. The summed E-state index contributed by atoms with van der Waals surface area (Å²) in [6.45, 7) is 6.17. The molecule has 0 aromatic carbocycles. The first-order chi connectivity index (χ1) is 8.70. The maximum absolute atomic E-state index is 11.3. The van der Waals surface area contributed by atoms with Gasteiger partial charge < -0.3 is 4.74 Å². The number of allylic oxidation sites excluding steroid dienone is 1. The molecular formula is C16H30O2. The summed E-state index contributed by atoms with van der Waals surface area (Å²) in [5.74, 6) is -0.202. The van der Waals surface area contributed by atoms with Crippen LogP contribution in [0.3, 0.4) is 0 Å². The highest BCUT2D eigenvalue weighted by atomic mass is 16.5. The zero-order valence-electron chi connectivity index (χ0n) is 12.4. The van der Waals surface area contributed by atoms with Gasteiger partial charge in [-0.15, -0.1) is 0 Å². The third kappa shape index (κ3) is 11.7. The second-order valence-electron chi connectivity index (χ2n) is 4.97. The van der Waals surface area contributed by atoms with E-state index in [9.17, 15) is 4.79 Å². The lowest BCUT2D eigenvalue weighted by molar-refractivity contribution is -0.142. The van der Waals surface area contributed by atoms with Crippen LogP contribution in [0.25, 0.3) is 0 Å². The van der Waals surface area contributed by atoms with E-state index in [0.717, 1.165) is 12.8 Å². The average molecular weight is 254 g/mol. The molecule has 18 heavy (non-hydrogen) atoms. The summed E-state index contributed by atoms with van der Waals surface area (Å²) in [6.07, 6.45) is 14.6. The number of esters is 1. The fourth-order valence-corrected chi connectivity index (χ4v) is 1.72. The molecule has 0 aliphatic carbocycles. The minimum atomic E-state index is -0.202. The highest BCUT2D eigenvalue weighted by molar-refractivity contribution is 5.81. The average Bonchev–Trinajstić information content (AvgIpc) is 2.36. The second-order valence-corrected chi connectivity index (χ2v) is 4.97. The second kappa shape index (κ2) is 12.7. The van der Waals surface area contributed by atoms with E-state index in [2.05, 4.69) is 6.92 Å². The van der Waals surface area contributed by atoms with E-state index < -0.39 is 0 Å². The van der Waals surface area contributed by atoms with Gasteiger partial charge in [-0.25, -0.2) is 4.79 Å². The molecule has 0 amide bonds. The van der Waals surface area contributed by atoms with E-state index in [1.165, 1.54) is 44.9 Å². The molecule has 0 saturated heterocycles. The summed E-state index contributed by atoms with van der Waals surface area (Å²) in [6, 6.07) is 0. The molecule has 106 valence electrons. The molecule has 0 saturated carbocycles.